The molecule has 7 rings (SSSR count). The van der Waals surface area contributed by atoms with Crippen molar-refractivity contribution < 1.29 is 0 Å². The van der Waals surface area contributed by atoms with Crippen molar-refractivity contribution >= 4 is 0 Å². The molecule has 0 amide bonds. The van der Waals surface area contributed by atoms with Crippen LogP contribution in [0.4, 0.5) is 0 Å². The van der Waals surface area contributed by atoms with Gasteiger partial charge in [0.15, 0.2) is 0 Å². The van der Waals surface area contributed by atoms with Crippen LogP contribution in [0.25, 0.3) is 0 Å². The van der Waals surface area contributed by atoms with Crippen LogP contribution in [0.15, 0.2) is 212 Å². The van der Waals surface area contributed by atoms with E-state index in [0.717, 1.165) is 38.5 Å². The Kier molecular flexibility index (Phi) is 14.3. The summed E-state index contributed by atoms with van der Waals surface area (Å²) in [5, 5.41) is 0. The maximum Gasteiger partial charge on any atom is 0.103 e. The van der Waals surface area contributed by atoms with Crippen LogP contribution in [0, 0.1) is 12.0 Å². The molecule has 0 heteroatoms. The fraction of sp³-hybridized carbons (Fsp3) is 0.263. The van der Waals surface area contributed by atoms with E-state index in [-0.39, 0.29) is 0 Å². The molecule has 0 fully saturated rings. The molecule has 6 aromatic rings. The second kappa shape index (κ2) is 20.6. The first-order valence-corrected chi connectivity index (χ1v) is 21.4. The lowest BCUT2D eigenvalue weighted by atomic mass is 9.71. The number of rotatable bonds is 19. The Balaban J connectivity index is 1.23. The first-order valence-electron chi connectivity index (χ1n) is 21.4. The van der Waals surface area contributed by atoms with Crippen molar-refractivity contribution in [3.63, 3.8) is 0 Å². The zero-order valence-electron chi connectivity index (χ0n) is 33.9. The molecule has 6 aromatic carbocycles. The third-order valence-corrected chi connectivity index (χ3v) is 12.6. The van der Waals surface area contributed by atoms with Crippen LogP contribution < -0.4 is 0 Å². The van der Waals surface area contributed by atoms with E-state index in [0.29, 0.717) is 41.4 Å². The highest BCUT2D eigenvalue weighted by Gasteiger charge is 2.30. The van der Waals surface area contributed by atoms with E-state index in [2.05, 4.69) is 226 Å². The van der Waals surface area contributed by atoms with E-state index < -0.39 is 0 Å². The van der Waals surface area contributed by atoms with E-state index in [9.17, 15) is 0 Å². The first kappa shape index (κ1) is 39.7. The molecular weight excluding hydrogens is 685 g/mol. The Bertz CT molecular complexity index is 2110. The van der Waals surface area contributed by atoms with Crippen molar-refractivity contribution in [2.75, 3.05) is 0 Å². The van der Waals surface area contributed by atoms with E-state index in [1.165, 1.54) is 39.0 Å². The average molecular weight is 744 g/mol. The predicted molar refractivity (Wildman–Crippen MR) is 243 cm³/mol. The average Bonchev–Trinajstić information content (AvgIpc) is 3.29. The van der Waals surface area contributed by atoms with Gasteiger partial charge in [0.25, 0.3) is 0 Å². The summed E-state index contributed by atoms with van der Waals surface area (Å²) < 4.78 is 0. The van der Waals surface area contributed by atoms with Gasteiger partial charge in [-0.25, -0.2) is 0 Å². The second-order valence-corrected chi connectivity index (χ2v) is 16.5. The Hall–Kier alpha value is -5.55. The molecule has 0 aromatic heterocycles. The van der Waals surface area contributed by atoms with Gasteiger partial charge in [-0.05, 0) is 107 Å². The van der Waals surface area contributed by atoms with E-state index in [4.69, 9.17) is 0 Å². The normalized spacial score (nSPS) is 16.0. The third-order valence-electron chi connectivity index (χ3n) is 12.6. The molecule has 1 aliphatic rings. The van der Waals surface area contributed by atoms with Gasteiger partial charge in [-0.15, -0.1) is 0 Å². The van der Waals surface area contributed by atoms with Gasteiger partial charge in [0.2, 0.25) is 0 Å². The molecule has 7 unspecified atom stereocenters. The monoisotopic (exact) mass is 743 g/mol. The number of hydrogen-bond acceptors (Lipinski definition) is 0. The number of hydrogen-bond donors (Lipinski definition) is 0. The van der Waals surface area contributed by atoms with Gasteiger partial charge in [-0.1, -0.05) is 196 Å². The van der Waals surface area contributed by atoms with Crippen LogP contribution in [0.3, 0.4) is 0 Å². The Morgan fingerprint density at radius 1 is 0.333 bits per heavy atom. The summed E-state index contributed by atoms with van der Waals surface area (Å²) in [7, 11) is 0. The van der Waals surface area contributed by atoms with E-state index in [1.54, 1.807) is 0 Å². The molecule has 1 aliphatic carbocycles. The molecular formula is C57H59+. The number of benzene rings is 6. The fourth-order valence-corrected chi connectivity index (χ4v) is 9.48. The zero-order chi connectivity index (χ0) is 39.1. The van der Waals surface area contributed by atoms with Crippen LogP contribution in [0.2, 0.25) is 0 Å². The Morgan fingerprint density at radius 3 is 0.912 bits per heavy atom. The van der Waals surface area contributed by atoms with Gasteiger partial charge in [0.05, 0.1) is 17.7 Å². The van der Waals surface area contributed by atoms with Crippen molar-refractivity contribution in [1.82, 2.24) is 0 Å². The largest absolute Gasteiger partial charge is 0.103 e. The molecule has 0 bridgehead atoms. The smallest absolute Gasteiger partial charge is 0.0622 e. The van der Waals surface area contributed by atoms with Crippen molar-refractivity contribution in [2.45, 2.75) is 87.9 Å². The summed E-state index contributed by atoms with van der Waals surface area (Å²) in [6, 6.07) is 68.1. The molecule has 0 saturated heterocycles. The van der Waals surface area contributed by atoms with Gasteiger partial charge in [0, 0.05) is 12.0 Å². The quantitative estimate of drug-likeness (QED) is 0.0725. The van der Waals surface area contributed by atoms with Crippen LogP contribution in [-0.2, 0) is 0 Å². The van der Waals surface area contributed by atoms with Gasteiger partial charge < -0.3 is 0 Å². The zero-order valence-corrected chi connectivity index (χ0v) is 33.9. The lowest BCUT2D eigenvalue weighted by Crippen LogP contribution is -2.17. The van der Waals surface area contributed by atoms with Crippen molar-refractivity contribution in [3.8, 4) is 0 Å². The fourth-order valence-electron chi connectivity index (χ4n) is 9.48. The van der Waals surface area contributed by atoms with Gasteiger partial charge in [0.1, 0.15) is 12.2 Å². The van der Waals surface area contributed by atoms with Crippen LogP contribution >= 0.6 is 0 Å². The molecule has 0 spiro atoms. The highest BCUT2D eigenvalue weighted by Crippen LogP contribution is 2.46. The summed E-state index contributed by atoms with van der Waals surface area (Å²) in [6.45, 7) is 4.82. The molecule has 0 nitrogen and oxygen atoms in total. The minimum atomic E-state index is 0.392. The van der Waals surface area contributed by atoms with Crippen LogP contribution in [0.1, 0.15) is 121 Å². The maximum atomic E-state index is 3.23. The topological polar surface area (TPSA) is 0 Å². The molecule has 7 atom stereocenters. The van der Waals surface area contributed by atoms with Gasteiger partial charge in [-0.2, -0.15) is 0 Å². The lowest BCUT2D eigenvalue weighted by molar-refractivity contribution is 0.383. The van der Waals surface area contributed by atoms with Crippen LogP contribution in [0.5, 0.6) is 0 Å². The summed E-state index contributed by atoms with van der Waals surface area (Å²) >= 11 is 0. The van der Waals surface area contributed by atoms with Crippen molar-refractivity contribution in [3.05, 3.63) is 251 Å². The highest BCUT2D eigenvalue weighted by atomic mass is 14.3. The molecule has 0 saturated carbocycles. The van der Waals surface area contributed by atoms with Crippen LogP contribution in [-0.4, -0.2) is 0 Å². The molecule has 57 heavy (non-hydrogen) atoms. The van der Waals surface area contributed by atoms with Gasteiger partial charge in [-0.3, -0.25) is 0 Å². The third kappa shape index (κ3) is 11.3. The standard InChI is InChI=1S/C57H59/c1-44(46-24-10-3-11-25-46)38-53(48-28-14-5-15-29-48)40-55(50-32-18-7-19-33-50)42-57(52-36-22-9-23-37-52)43-56(51-34-20-8-21-35-51)41-54(49-30-16-6-17-31-49)39-45(2)47-26-12-4-13-27-47/h3,5-37,44-45,53-57H,38-43H2,1-2H3/q+1. The van der Waals surface area contributed by atoms with Crippen molar-refractivity contribution in [1.29, 1.82) is 0 Å². The number of allylic oxidation sites excluding steroid dienone is 6. The summed E-state index contributed by atoms with van der Waals surface area (Å²) in [6.07, 6.45) is 18.5. The highest BCUT2D eigenvalue weighted by molar-refractivity contribution is 5.34. The minimum Gasteiger partial charge on any atom is -0.0622 e. The molecule has 0 N–H and O–H groups in total. The second-order valence-electron chi connectivity index (χ2n) is 16.5. The maximum absolute atomic E-state index is 3.23. The lowest BCUT2D eigenvalue weighted by Gasteiger charge is -2.33. The van der Waals surface area contributed by atoms with Crippen molar-refractivity contribution in [2.24, 2.45) is 5.92 Å². The molecule has 0 heterocycles. The predicted octanol–water partition coefficient (Wildman–Crippen LogP) is 15.5. The van der Waals surface area contributed by atoms with Gasteiger partial charge >= 0.3 is 0 Å². The SMILES string of the molecule is CC(CC(CC(CC(CC(CC(CC(C)c1ccccc1)c1ccccc1)c1ccccc1)c1ccccc1)c1ccccc1)c1ccccc1)C1=CC=[C+]C=C1. The summed E-state index contributed by atoms with van der Waals surface area (Å²) in [5.41, 5.74) is 10.1. The minimum absolute atomic E-state index is 0.392. The molecule has 0 radical (unpaired) electrons. The van der Waals surface area contributed by atoms with E-state index >= 15 is 0 Å². The molecule has 286 valence electrons. The summed E-state index contributed by atoms with van der Waals surface area (Å²) in [5.74, 6) is 2.97. The first-order chi connectivity index (χ1) is 28.1. The summed E-state index contributed by atoms with van der Waals surface area (Å²) in [4.78, 5) is 0. The molecule has 0 aliphatic heterocycles. The Morgan fingerprint density at radius 2 is 0.614 bits per heavy atom. The van der Waals surface area contributed by atoms with E-state index in [1.807, 2.05) is 0 Å². The Labute approximate surface area is 343 Å².